The van der Waals surface area contributed by atoms with E-state index in [-0.39, 0.29) is 0 Å². The van der Waals surface area contributed by atoms with Gasteiger partial charge in [0, 0.05) is 13.1 Å². The molecule has 0 aliphatic carbocycles. The van der Waals surface area contributed by atoms with Crippen molar-refractivity contribution in [2.45, 2.75) is 59.0 Å². The molecule has 1 aromatic rings. The number of sulfonamides is 1. The van der Waals surface area contributed by atoms with Gasteiger partial charge in [-0.05, 0) is 32.6 Å². The predicted molar refractivity (Wildman–Crippen MR) is 90.9 cm³/mol. The van der Waals surface area contributed by atoms with Crippen LogP contribution in [0.3, 0.4) is 0 Å². The third-order valence-electron chi connectivity index (χ3n) is 4.97. The van der Waals surface area contributed by atoms with Gasteiger partial charge in [-0.3, -0.25) is 0 Å². The zero-order chi connectivity index (χ0) is 17.2. The molecule has 2 rings (SSSR count). The fraction of sp³-hybridized carbons (Fsp3) is 0.812. The number of piperidine rings is 1. The summed E-state index contributed by atoms with van der Waals surface area (Å²) >= 11 is 0. The molecule has 0 atom stereocenters. The van der Waals surface area contributed by atoms with Gasteiger partial charge in [0.05, 0.1) is 24.5 Å². The largest absolute Gasteiger partial charge is 0.316 e. The van der Waals surface area contributed by atoms with Crippen molar-refractivity contribution in [1.29, 1.82) is 0 Å². The van der Waals surface area contributed by atoms with Gasteiger partial charge in [-0.1, -0.05) is 20.8 Å². The van der Waals surface area contributed by atoms with Gasteiger partial charge in [0.25, 0.3) is 0 Å². The van der Waals surface area contributed by atoms with Crippen LogP contribution in [0.15, 0.2) is 4.90 Å². The second kappa shape index (κ2) is 7.32. The van der Waals surface area contributed by atoms with Crippen molar-refractivity contribution >= 4 is 10.0 Å². The molecular weight excluding hydrogens is 312 g/mol. The lowest BCUT2D eigenvalue weighted by molar-refractivity contribution is -0.929. The third-order valence-corrected chi connectivity index (χ3v) is 7.28. The maximum absolute atomic E-state index is 12.9. The number of rotatable bonds is 6. The van der Waals surface area contributed by atoms with Crippen LogP contribution in [0.25, 0.3) is 0 Å². The number of nitrogens with zero attached hydrogens (tertiary/aromatic N) is 3. The minimum absolute atomic E-state index is 0.394. The van der Waals surface area contributed by atoms with Crippen LogP contribution < -0.4 is 4.90 Å². The Hall–Kier alpha value is -0.920. The van der Waals surface area contributed by atoms with Gasteiger partial charge in [-0.25, -0.2) is 13.1 Å². The van der Waals surface area contributed by atoms with Crippen LogP contribution in [-0.4, -0.2) is 48.7 Å². The maximum Gasteiger partial charge on any atom is 0.246 e. The molecular formula is C16H31N4O2S+. The number of aromatic nitrogens is 2. The molecule has 0 bridgehead atoms. The maximum atomic E-state index is 12.9. The highest BCUT2D eigenvalue weighted by atomic mass is 32.2. The van der Waals surface area contributed by atoms with Gasteiger partial charge in [0.2, 0.25) is 10.0 Å². The Morgan fingerprint density at radius 3 is 2.30 bits per heavy atom. The van der Waals surface area contributed by atoms with E-state index in [1.807, 2.05) is 25.5 Å². The average Bonchev–Trinajstić information content (AvgIpc) is 2.77. The zero-order valence-corrected chi connectivity index (χ0v) is 15.9. The molecule has 23 heavy (non-hydrogen) atoms. The summed E-state index contributed by atoms with van der Waals surface area (Å²) in [6.45, 7) is 13.7. The fourth-order valence-electron chi connectivity index (χ4n) is 3.44. The number of likely N-dealkylation sites (tertiary alicyclic amines) is 1. The van der Waals surface area contributed by atoms with Crippen LogP contribution in [-0.2, 0) is 16.7 Å². The third kappa shape index (κ3) is 3.78. The van der Waals surface area contributed by atoms with Gasteiger partial charge < -0.3 is 4.90 Å². The van der Waals surface area contributed by atoms with E-state index in [1.54, 1.807) is 6.92 Å². The highest BCUT2D eigenvalue weighted by Crippen LogP contribution is 2.23. The Morgan fingerprint density at radius 1 is 1.22 bits per heavy atom. The van der Waals surface area contributed by atoms with Crippen molar-refractivity contribution in [3.63, 3.8) is 0 Å². The topological polar surface area (TPSA) is 59.6 Å². The average molecular weight is 344 g/mol. The molecule has 0 spiro atoms. The molecule has 0 radical (unpaired) electrons. The molecule has 6 nitrogen and oxygen atoms in total. The summed E-state index contributed by atoms with van der Waals surface area (Å²) < 4.78 is 29.1. The van der Waals surface area contributed by atoms with E-state index in [1.165, 1.54) is 22.0 Å². The van der Waals surface area contributed by atoms with E-state index >= 15 is 0 Å². The molecule has 0 aromatic carbocycles. The number of hydrogen-bond acceptors (Lipinski definition) is 3. The van der Waals surface area contributed by atoms with Crippen LogP contribution in [0, 0.1) is 19.8 Å². The summed E-state index contributed by atoms with van der Waals surface area (Å²) in [4.78, 5) is 1.88. The standard InChI is InChI=1S/C16H30N4O2S/c1-6-19(7-2)23(21,22)16-14(4)17-20(15(16)5)12-18-10-8-13(3)9-11-18/h13H,6-12H2,1-5H3/p+1. The van der Waals surface area contributed by atoms with Gasteiger partial charge in [-0.15, -0.1) is 0 Å². The summed E-state index contributed by atoms with van der Waals surface area (Å²) in [5.74, 6) is 0.804. The smallest absolute Gasteiger partial charge is 0.246 e. The zero-order valence-electron chi connectivity index (χ0n) is 15.1. The second-order valence-corrected chi connectivity index (χ2v) is 8.55. The fourth-order valence-corrected chi connectivity index (χ4v) is 5.27. The molecule has 1 fully saturated rings. The summed E-state index contributed by atoms with van der Waals surface area (Å²) in [5.41, 5.74) is 1.37. The number of quaternary nitrogens is 1. The molecule has 1 N–H and O–H groups in total. The number of hydrogen-bond donors (Lipinski definition) is 1. The molecule has 0 saturated carbocycles. The Balaban J connectivity index is 2.26. The van der Waals surface area contributed by atoms with Crippen molar-refractivity contribution in [3.05, 3.63) is 11.4 Å². The minimum Gasteiger partial charge on any atom is -0.316 e. The van der Waals surface area contributed by atoms with Crippen molar-refractivity contribution in [2.24, 2.45) is 5.92 Å². The summed E-state index contributed by atoms with van der Waals surface area (Å²) in [6.07, 6.45) is 2.47. The lowest BCUT2D eigenvalue weighted by Crippen LogP contribution is -3.12. The van der Waals surface area contributed by atoms with E-state index in [4.69, 9.17) is 0 Å². The highest BCUT2D eigenvalue weighted by Gasteiger charge is 2.30. The van der Waals surface area contributed by atoms with Crippen molar-refractivity contribution in [2.75, 3.05) is 26.2 Å². The van der Waals surface area contributed by atoms with E-state index in [9.17, 15) is 8.42 Å². The summed E-state index contributed by atoms with van der Waals surface area (Å²) in [5, 5.41) is 4.53. The van der Waals surface area contributed by atoms with Crippen LogP contribution in [0.5, 0.6) is 0 Å². The van der Waals surface area contributed by atoms with Gasteiger partial charge >= 0.3 is 0 Å². The summed E-state index contributed by atoms with van der Waals surface area (Å²) in [6, 6.07) is 0. The molecule has 1 aromatic heterocycles. The Labute approximate surface area is 140 Å². The van der Waals surface area contributed by atoms with Crippen molar-refractivity contribution in [3.8, 4) is 0 Å². The van der Waals surface area contributed by atoms with E-state index < -0.39 is 10.0 Å². The summed E-state index contributed by atoms with van der Waals surface area (Å²) in [7, 11) is -3.45. The molecule has 1 aliphatic heterocycles. The van der Waals surface area contributed by atoms with Crippen LogP contribution >= 0.6 is 0 Å². The first-order valence-corrected chi connectivity index (χ1v) is 10.1. The first kappa shape index (κ1) is 18.4. The quantitative estimate of drug-likeness (QED) is 0.831. The van der Waals surface area contributed by atoms with E-state index in [2.05, 4.69) is 12.0 Å². The molecule has 0 unspecified atom stereocenters. The molecule has 0 amide bonds. The van der Waals surface area contributed by atoms with Crippen LogP contribution in [0.2, 0.25) is 0 Å². The van der Waals surface area contributed by atoms with Crippen molar-refractivity contribution in [1.82, 2.24) is 14.1 Å². The predicted octanol–water partition coefficient (Wildman–Crippen LogP) is 0.803. The van der Waals surface area contributed by atoms with Gasteiger partial charge in [0.1, 0.15) is 4.90 Å². The van der Waals surface area contributed by atoms with Crippen LogP contribution in [0.1, 0.15) is 45.0 Å². The lowest BCUT2D eigenvalue weighted by Gasteiger charge is -2.27. The Morgan fingerprint density at radius 2 is 1.78 bits per heavy atom. The normalized spacial score (nSPS) is 22.7. The second-order valence-electron chi connectivity index (χ2n) is 6.68. The first-order valence-electron chi connectivity index (χ1n) is 8.68. The molecule has 2 heterocycles. The molecule has 7 heteroatoms. The Kier molecular flexibility index (Phi) is 5.86. The van der Waals surface area contributed by atoms with Crippen molar-refractivity contribution < 1.29 is 13.3 Å². The lowest BCUT2D eigenvalue weighted by atomic mass is 10.00. The molecule has 1 saturated heterocycles. The van der Waals surface area contributed by atoms with Crippen LogP contribution in [0.4, 0.5) is 0 Å². The minimum atomic E-state index is -3.45. The van der Waals surface area contributed by atoms with Gasteiger partial charge in [0.15, 0.2) is 6.67 Å². The van der Waals surface area contributed by atoms with Gasteiger partial charge in [-0.2, -0.15) is 9.40 Å². The van der Waals surface area contributed by atoms with E-state index in [0.717, 1.165) is 31.4 Å². The monoisotopic (exact) mass is 343 g/mol. The molecule has 1 aliphatic rings. The first-order chi connectivity index (χ1) is 10.8. The Bertz CT molecular complexity index is 627. The van der Waals surface area contributed by atoms with E-state index in [0.29, 0.717) is 23.7 Å². The molecule has 132 valence electrons. The highest BCUT2D eigenvalue weighted by molar-refractivity contribution is 7.89. The SMILES string of the molecule is CCN(CC)S(=O)(=O)c1c(C)nn(C[NH+]2CCC(C)CC2)c1C. The number of nitrogens with one attached hydrogen (secondary N) is 1. The number of aryl methyl sites for hydroxylation is 1.